The normalized spacial score (nSPS) is 29.2. The third kappa shape index (κ3) is 2.25. The molecule has 4 rings (SSSR count). The highest BCUT2D eigenvalue weighted by molar-refractivity contribution is 6.08. The van der Waals surface area contributed by atoms with E-state index >= 15 is 0 Å². The second-order valence-corrected chi connectivity index (χ2v) is 6.26. The highest BCUT2D eigenvalue weighted by Gasteiger charge is 2.66. The zero-order valence-corrected chi connectivity index (χ0v) is 12.8. The highest BCUT2D eigenvalue weighted by Crippen LogP contribution is 2.56. The molecule has 0 saturated carbocycles. The predicted octanol–water partition coefficient (Wildman–Crippen LogP) is 3.41. The summed E-state index contributed by atoms with van der Waals surface area (Å²) in [6, 6.07) is 6.79. The topological polar surface area (TPSA) is 24.8 Å². The summed E-state index contributed by atoms with van der Waals surface area (Å²) in [6.07, 6.45) is 0.241. The lowest BCUT2D eigenvalue weighted by atomic mass is 9.78. The molecule has 0 N–H and O–H groups in total. The van der Waals surface area contributed by atoms with E-state index in [1.165, 1.54) is 0 Å². The molecule has 0 aromatic heterocycles. The van der Waals surface area contributed by atoms with Crippen molar-refractivity contribution in [3.63, 3.8) is 0 Å². The Morgan fingerprint density at radius 1 is 1.04 bits per heavy atom. The molecule has 2 aliphatic carbocycles. The molecule has 0 bridgehead atoms. The number of benzene rings is 1. The third-order valence-electron chi connectivity index (χ3n) is 4.79. The van der Waals surface area contributed by atoms with Gasteiger partial charge in [-0.05, 0) is 17.2 Å². The van der Waals surface area contributed by atoms with Crippen LogP contribution in [0.2, 0.25) is 0 Å². The van der Waals surface area contributed by atoms with Crippen LogP contribution in [0.15, 0.2) is 35.4 Å². The van der Waals surface area contributed by atoms with E-state index in [4.69, 9.17) is 4.74 Å². The Bertz CT molecular complexity index is 723. The number of fused-ring (bicyclic) bond motifs is 3. The highest BCUT2D eigenvalue weighted by atomic mass is 19.3. The van der Waals surface area contributed by atoms with Crippen molar-refractivity contribution >= 4 is 11.3 Å². The first kappa shape index (κ1) is 15.6. The van der Waals surface area contributed by atoms with Crippen LogP contribution in [0.3, 0.4) is 0 Å². The van der Waals surface area contributed by atoms with Crippen LogP contribution in [-0.2, 0) is 4.74 Å². The Labute approximate surface area is 136 Å². The summed E-state index contributed by atoms with van der Waals surface area (Å²) in [4.78, 5) is 0. The first-order valence-corrected chi connectivity index (χ1v) is 7.88. The van der Waals surface area contributed by atoms with E-state index in [1.54, 1.807) is 29.3 Å². The van der Waals surface area contributed by atoms with Gasteiger partial charge in [0.25, 0.3) is 0 Å². The van der Waals surface area contributed by atoms with Crippen molar-refractivity contribution in [2.24, 2.45) is 11.0 Å². The molecule has 0 radical (unpaired) electrons. The van der Waals surface area contributed by atoms with Gasteiger partial charge in [-0.2, -0.15) is 22.7 Å². The lowest BCUT2D eigenvalue weighted by Gasteiger charge is -2.32. The van der Waals surface area contributed by atoms with Crippen LogP contribution < -0.4 is 0 Å². The number of halogens is 4. The summed E-state index contributed by atoms with van der Waals surface area (Å²) < 4.78 is 61.3. The summed E-state index contributed by atoms with van der Waals surface area (Å²) in [5.74, 6) is -9.77. The minimum atomic E-state index is -4.13. The molecule has 3 nitrogen and oxygen atoms in total. The van der Waals surface area contributed by atoms with Crippen LogP contribution in [0.4, 0.5) is 17.6 Å². The zero-order chi connectivity index (χ0) is 16.9. The molecule has 1 aromatic rings. The van der Waals surface area contributed by atoms with E-state index in [1.807, 2.05) is 0 Å². The molecule has 1 atom stereocenters. The Kier molecular flexibility index (Phi) is 3.46. The number of hydrogen-bond donors (Lipinski definition) is 0. The second kappa shape index (κ2) is 5.31. The Morgan fingerprint density at radius 3 is 2.42 bits per heavy atom. The molecule has 1 fully saturated rings. The van der Waals surface area contributed by atoms with Gasteiger partial charge in [0.1, 0.15) is 0 Å². The molecule has 1 saturated heterocycles. The summed E-state index contributed by atoms with van der Waals surface area (Å²) in [5, 5.41) is 6.23. The van der Waals surface area contributed by atoms with E-state index < -0.39 is 17.8 Å². The number of nitrogens with zero attached hydrogens (tertiary/aromatic N) is 2. The van der Waals surface area contributed by atoms with E-state index in [2.05, 4.69) is 5.10 Å². The van der Waals surface area contributed by atoms with Crippen LogP contribution >= 0.6 is 0 Å². The molecule has 1 unspecified atom stereocenters. The molecular weight excluding hydrogens is 324 g/mol. The molecule has 1 aromatic carbocycles. The number of rotatable bonds is 1. The molecule has 1 aliphatic heterocycles. The fraction of sp³-hybridized carbons (Fsp3) is 0.471. The van der Waals surface area contributed by atoms with E-state index in [0.717, 1.165) is 0 Å². The van der Waals surface area contributed by atoms with Crippen LogP contribution in [-0.4, -0.2) is 48.9 Å². The van der Waals surface area contributed by atoms with E-state index in [0.29, 0.717) is 49.2 Å². The second-order valence-electron chi connectivity index (χ2n) is 6.26. The van der Waals surface area contributed by atoms with Crippen molar-refractivity contribution in [3.05, 3.63) is 41.5 Å². The van der Waals surface area contributed by atoms with Gasteiger partial charge in [-0.15, -0.1) is 0 Å². The zero-order valence-electron chi connectivity index (χ0n) is 12.8. The van der Waals surface area contributed by atoms with Crippen molar-refractivity contribution in [2.75, 3.05) is 26.3 Å². The average molecular weight is 340 g/mol. The maximum Gasteiger partial charge on any atom is 0.329 e. The quantitative estimate of drug-likeness (QED) is 0.732. The molecule has 0 amide bonds. The van der Waals surface area contributed by atoms with Crippen molar-refractivity contribution in [1.29, 1.82) is 0 Å². The number of hydrazone groups is 1. The monoisotopic (exact) mass is 340 g/mol. The van der Waals surface area contributed by atoms with Gasteiger partial charge in [0.05, 0.1) is 37.9 Å². The maximum atomic E-state index is 14.2. The summed E-state index contributed by atoms with van der Waals surface area (Å²) in [7, 11) is 0. The molecule has 7 heteroatoms. The maximum absolute atomic E-state index is 14.2. The average Bonchev–Trinajstić information content (AvgIpc) is 2.75. The fourth-order valence-corrected chi connectivity index (χ4v) is 3.53. The molecule has 1 heterocycles. The Balaban J connectivity index is 1.79. The standard InChI is InChI=1S/C17H16F4N2O/c18-16(19)10-13-11-3-1-2-4-12(11)15(9-14(13)17(16,20)21)22-23-5-7-24-8-6-23/h1-4,10,14H,5-9H2/b22-15+. The van der Waals surface area contributed by atoms with Gasteiger partial charge in [0.15, 0.2) is 0 Å². The number of allylic oxidation sites excluding steroid dienone is 2. The minimum Gasteiger partial charge on any atom is -0.378 e. The van der Waals surface area contributed by atoms with E-state index in [9.17, 15) is 17.6 Å². The van der Waals surface area contributed by atoms with Crippen molar-refractivity contribution in [1.82, 2.24) is 5.01 Å². The number of alkyl halides is 4. The Morgan fingerprint density at radius 2 is 1.71 bits per heavy atom. The smallest absolute Gasteiger partial charge is 0.329 e. The van der Waals surface area contributed by atoms with Gasteiger partial charge in [-0.1, -0.05) is 24.3 Å². The van der Waals surface area contributed by atoms with Crippen molar-refractivity contribution in [3.8, 4) is 0 Å². The van der Waals surface area contributed by atoms with Gasteiger partial charge in [0, 0.05) is 12.0 Å². The predicted molar refractivity (Wildman–Crippen MR) is 81.3 cm³/mol. The van der Waals surface area contributed by atoms with Gasteiger partial charge in [-0.3, -0.25) is 5.01 Å². The number of hydrogen-bond acceptors (Lipinski definition) is 3. The van der Waals surface area contributed by atoms with Crippen LogP contribution in [0.5, 0.6) is 0 Å². The lowest BCUT2D eigenvalue weighted by molar-refractivity contribution is -0.187. The van der Waals surface area contributed by atoms with Crippen molar-refractivity contribution < 1.29 is 22.3 Å². The third-order valence-corrected chi connectivity index (χ3v) is 4.79. The largest absolute Gasteiger partial charge is 0.378 e. The summed E-state index contributed by atoms with van der Waals surface area (Å²) >= 11 is 0. The molecular formula is C17H16F4N2O. The van der Waals surface area contributed by atoms with Gasteiger partial charge in [-0.25, -0.2) is 0 Å². The van der Waals surface area contributed by atoms with E-state index in [-0.39, 0.29) is 12.0 Å². The first-order chi connectivity index (χ1) is 11.4. The first-order valence-electron chi connectivity index (χ1n) is 7.88. The summed E-state index contributed by atoms with van der Waals surface area (Å²) in [5.41, 5.74) is 1.55. The minimum absolute atomic E-state index is 0.0292. The SMILES string of the molecule is FC1(F)C=C2c3ccccc3/C(=N/N3CCOCC3)CC2C1(F)F. The van der Waals surface area contributed by atoms with Crippen LogP contribution in [0.25, 0.3) is 5.57 Å². The Hall–Kier alpha value is -1.89. The molecule has 0 spiro atoms. The van der Waals surface area contributed by atoms with Crippen LogP contribution in [0, 0.1) is 5.92 Å². The summed E-state index contributed by atoms with van der Waals surface area (Å²) in [6.45, 7) is 2.15. The number of morpholine rings is 1. The number of ether oxygens (including phenoxy) is 1. The van der Waals surface area contributed by atoms with Gasteiger partial charge < -0.3 is 4.74 Å². The molecule has 128 valence electrons. The van der Waals surface area contributed by atoms with Crippen LogP contribution in [0.1, 0.15) is 17.5 Å². The molecule has 3 aliphatic rings. The lowest BCUT2D eigenvalue weighted by Crippen LogP contribution is -2.42. The van der Waals surface area contributed by atoms with Gasteiger partial charge in [0.2, 0.25) is 0 Å². The van der Waals surface area contributed by atoms with Crippen molar-refractivity contribution in [2.45, 2.75) is 18.3 Å². The fourth-order valence-electron chi connectivity index (χ4n) is 3.53. The van der Waals surface area contributed by atoms with Gasteiger partial charge >= 0.3 is 11.8 Å². The molecule has 24 heavy (non-hydrogen) atoms.